The predicted octanol–water partition coefficient (Wildman–Crippen LogP) is 4.40. The zero-order valence-corrected chi connectivity index (χ0v) is 14.8. The average molecular weight is 368 g/mol. The second-order valence-electron chi connectivity index (χ2n) is 6.31. The third-order valence-corrected chi connectivity index (χ3v) is 4.90. The van der Waals surface area contributed by atoms with Gasteiger partial charge < -0.3 is 4.90 Å². The maximum absolute atomic E-state index is 14.6. The van der Waals surface area contributed by atoms with E-state index in [1.54, 1.807) is 29.4 Å². The van der Waals surface area contributed by atoms with Gasteiger partial charge in [-0.1, -0.05) is 29.8 Å². The molecule has 0 fully saturated rings. The second-order valence-corrected chi connectivity index (χ2v) is 6.67. The molecular weight excluding hydrogens is 353 g/mol. The van der Waals surface area contributed by atoms with Gasteiger partial charge in [-0.25, -0.2) is 9.37 Å². The molecule has 0 saturated carbocycles. The van der Waals surface area contributed by atoms with Gasteiger partial charge in [-0.3, -0.25) is 9.78 Å². The SMILES string of the molecule is Cc1cc(-c2ccc(CN3Cc4cccnc4C3=O)c(F)c2)cnc1Cl. The number of carbonyl (C=O) groups is 1. The highest BCUT2D eigenvalue weighted by Crippen LogP contribution is 2.27. The predicted molar refractivity (Wildman–Crippen MR) is 97.2 cm³/mol. The molecule has 1 aromatic carbocycles. The molecule has 0 spiro atoms. The van der Waals surface area contributed by atoms with Gasteiger partial charge in [0.1, 0.15) is 16.7 Å². The first-order valence-electron chi connectivity index (χ1n) is 8.17. The number of aromatic nitrogens is 2. The summed E-state index contributed by atoms with van der Waals surface area (Å²) in [5.74, 6) is -0.520. The van der Waals surface area contributed by atoms with Crippen LogP contribution in [0, 0.1) is 12.7 Å². The van der Waals surface area contributed by atoms with Crippen LogP contribution in [0.25, 0.3) is 11.1 Å². The van der Waals surface area contributed by atoms with Crippen molar-refractivity contribution < 1.29 is 9.18 Å². The minimum absolute atomic E-state index is 0.165. The number of hydrogen-bond acceptors (Lipinski definition) is 3. The Balaban J connectivity index is 1.58. The van der Waals surface area contributed by atoms with Crippen LogP contribution in [0.3, 0.4) is 0 Å². The highest BCUT2D eigenvalue weighted by Gasteiger charge is 2.28. The number of rotatable bonds is 3. The van der Waals surface area contributed by atoms with Crippen LogP contribution in [0.4, 0.5) is 4.39 Å². The number of pyridine rings is 2. The van der Waals surface area contributed by atoms with Crippen LogP contribution in [0.2, 0.25) is 5.15 Å². The molecule has 130 valence electrons. The van der Waals surface area contributed by atoms with E-state index in [-0.39, 0.29) is 18.3 Å². The van der Waals surface area contributed by atoms with Gasteiger partial charge in [-0.2, -0.15) is 0 Å². The summed E-state index contributed by atoms with van der Waals surface area (Å²) in [7, 11) is 0. The summed E-state index contributed by atoms with van der Waals surface area (Å²) >= 11 is 5.94. The molecule has 4 nitrogen and oxygen atoms in total. The number of nitrogens with zero attached hydrogens (tertiary/aromatic N) is 3. The average Bonchev–Trinajstić information content (AvgIpc) is 2.95. The van der Waals surface area contributed by atoms with Crippen molar-refractivity contribution in [3.63, 3.8) is 0 Å². The van der Waals surface area contributed by atoms with Gasteiger partial charge in [-0.05, 0) is 36.2 Å². The fourth-order valence-corrected chi connectivity index (χ4v) is 3.19. The molecule has 1 aliphatic rings. The number of hydrogen-bond donors (Lipinski definition) is 0. The molecular formula is C20H15ClFN3O. The summed E-state index contributed by atoms with van der Waals surface area (Å²) in [6.07, 6.45) is 3.22. The van der Waals surface area contributed by atoms with Crippen molar-refractivity contribution in [3.8, 4) is 11.1 Å². The number of aryl methyl sites for hydroxylation is 1. The molecule has 1 amide bonds. The lowest BCUT2D eigenvalue weighted by atomic mass is 10.0. The Hall–Kier alpha value is -2.79. The number of fused-ring (bicyclic) bond motifs is 1. The van der Waals surface area contributed by atoms with Crippen LogP contribution < -0.4 is 0 Å². The second kappa shape index (κ2) is 6.50. The van der Waals surface area contributed by atoms with Crippen molar-refractivity contribution in [1.29, 1.82) is 0 Å². The Kier molecular flexibility index (Phi) is 4.17. The number of amides is 1. The normalized spacial score (nSPS) is 13.2. The molecule has 0 unspecified atom stereocenters. The number of carbonyl (C=O) groups excluding carboxylic acids is 1. The Morgan fingerprint density at radius 3 is 2.77 bits per heavy atom. The lowest BCUT2D eigenvalue weighted by Gasteiger charge is -2.16. The smallest absolute Gasteiger partial charge is 0.273 e. The molecule has 0 N–H and O–H groups in total. The molecule has 1 aliphatic heterocycles. The zero-order valence-electron chi connectivity index (χ0n) is 14.0. The maximum Gasteiger partial charge on any atom is 0.273 e. The standard InChI is InChI=1S/C20H15ClFN3O/c1-12-7-16(9-24-19(12)21)13-4-5-14(17(22)8-13)10-25-11-15-3-2-6-23-18(15)20(25)26/h2-9H,10-11H2,1H3. The van der Waals surface area contributed by atoms with E-state index >= 15 is 0 Å². The molecule has 0 radical (unpaired) electrons. The molecule has 0 atom stereocenters. The third-order valence-electron chi connectivity index (χ3n) is 4.50. The van der Waals surface area contributed by atoms with E-state index in [9.17, 15) is 9.18 Å². The van der Waals surface area contributed by atoms with Crippen LogP contribution in [-0.4, -0.2) is 20.8 Å². The van der Waals surface area contributed by atoms with Crippen molar-refractivity contribution in [2.75, 3.05) is 0 Å². The molecule has 26 heavy (non-hydrogen) atoms. The molecule has 2 aromatic heterocycles. The van der Waals surface area contributed by atoms with Crippen LogP contribution in [0.15, 0.2) is 48.8 Å². The molecule has 4 rings (SSSR count). The van der Waals surface area contributed by atoms with E-state index < -0.39 is 0 Å². The molecule has 0 aliphatic carbocycles. The van der Waals surface area contributed by atoms with Gasteiger partial charge in [0.15, 0.2) is 0 Å². The van der Waals surface area contributed by atoms with Crippen molar-refractivity contribution >= 4 is 17.5 Å². The van der Waals surface area contributed by atoms with Gasteiger partial charge in [0, 0.05) is 42.2 Å². The summed E-state index contributed by atoms with van der Waals surface area (Å²) < 4.78 is 14.6. The first-order valence-corrected chi connectivity index (χ1v) is 8.55. The fraction of sp³-hybridized carbons (Fsp3) is 0.150. The summed E-state index contributed by atoms with van der Waals surface area (Å²) in [6, 6.07) is 10.5. The van der Waals surface area contributed by atoms with Gasteiger partial charge in [0.2, 0.25) is 0 Å². The molecule has 0 bridgehead atoms. The first-order chi connectivity index (χ1) is 12.5. The Morgan fingerprint density at radius 1 is 1.19 bits per heavy atom. The maximum atomic E-state index is 14.6. The van der Waals surface area contributed by atoms with E-state index in [4.69, 9.17) is 11.6 Å². The lowest BCUT2D eigenvalue weighted by Crippen LogP contribution is -2.24. The fourth-order valence-electron chi connectivity index (χ4n) is 3.09. The summed E-state index contributed by atoms with van der Waals surface area (Å²) in [5.41, 5.74) is 4.14. The molecule has 6 heteroatoms. The van der Waals surface area contributed by atoms with E-state index in [1.807, 2.05) is 25.1 Å². The topological polar surface area (TPSA) is 46.1 Å². The summed E-state index contributed by atoms with van der Waals surface area (Å²) in [6.45, 7) is 2.51. The van der Waals surface area contributed by atoms with Crippen LogP contribution in [0.1, 0.15) is 27.2 Å². The van der Waals surface area contributed by atoms with Crippen molar-refractivity contribution in [1.82, 2.24) is 14.9 Å². The Morgan fingerprint density at radius 2 is 2.04 bits per heavy atom. The van der Waals surface area contributed by atoms with Crippen LogP contribution in [-0.2, 0) is 13.1 Å². The Bertz CT molecular complexity index is 1020. The van der Waals surface area contributed by atoms with Gasteiger partial charge in [0.05, 0.1) is 0 Å². The van der Waals surface area contributed by atoms with Crippen LogP contribution >= 0.6 is 11.6 Å². The minimum Gasteiger partial charge on any atom is -0.328 e. The van der Waals surface area contributed by atoms with Crippen molar-refractivity contribution in [3.05, 3.63) is 82.1 Å². The van der Waals surface area contributed by atoms with E-state index in [0.717, 1.165) is 22.3 Å². The highest BCUT2D eigenvalue weighted by molar-refractivity contribution is 6.30. The lowest BCUT2D eigenvalue weighted by molar-refractivity contribution is 0.0761. The van der Waals surface area contributed by atoms with E-state index in [1.165, 1.54) is 6.07 Å². The van der Waals surface area contributed by atoms with Crippen molar-refractivity contribution in [2.45, 2.75) is 20.0 Å². The van der Waals surface area contributed by atoms with Gasteiger partial charge >= 0.3 is 0 Å². The van der Waals surface area contributed by atoms with Gasteiger partial charge in [0.25, 0.3) is 5.91 Å². The monoisotopic (exact) mass is 367 g/mol. The van der Waals surface area contributed by atoms with E-state index in [2.05, 4.69) is 9.97 Å². The number of halogens is 2. The number of benzene rings is 1. The Labute approximate surface area is 155 Å². The molecule has 0 saturated heterocycles. The summed E-state index contributed by atoms with van der Waals surface area (Å²) in [4.78, 5) is 22.2. The van der Waals surface area contributed by atoms with E-state index in [0.29, 0.717) is 23.0 Å². The first kappa shape index (κ1) is 16.7. The van der Waals surface area contributed by atoms with Gasteiger partial charge in [-0.15, -0.1) is 0 Å². The third kappa shape index (κ3) is 2.95. The van der Waals surface area contributed by atoms with Crippen molar-refractivity contribution in [2.24, 2.45) is 0 Å². The largest absolute Gasteiger partial charge is 0.328 e. The summed E-state index contributed by atoms with van der Waals surface area (Å²) in [5, 5.41) is 0.437. The molecule has 3 heterocycles. The minimum atomic E-state index is -0.355. The quantitative estimate of drug-likeness (QED) is 0.644. The van der Waals surface area contributed by atoms with Crippen LogP contribution in [0.5, 0.6) is 0 Å². The zero-order chi connectivity index (χ0) is 18.3. The molecule has 3 aromatic rings. The highest BCUT2D eigenvalue weighted by atomic mass is 35.5.